The molecule has 0 atom stereocenters. The van der Waals surface area contributed by atoms with Crippen molar-refractivity contribution < 1.29 is 4.39 Å². The van der Waals surface area contributed by atoms with Crippen LogP contribution in [-0.2, 0) is 0 Å². The van der Waals surface area contributed by atoms with Crippen molar-refractivity contribution >= 4 is 16.6 Å². The minimum Gasteiger partial charge on any atom is -0.337 e. The third kappa shape index (κ3) is 1.43. The molecule has 3 nitrogen and oxygen atoms in total. The first kappa shape index (κ1) is 9.27. The van der Waals surface area contributed by atoms with E-state index in [4.69, 9.17) is 0 Å². The Bertz CT molecular complexity index is 562. The summed E-state index contributed by atoms with van der Waals surface area (Å²) in [5.41, 5.74) is 2.31. The van der Waals surface area contributed by atoms with Gasteiger partial charge in [0.05, 0.1) is 17.2 Å². The van der Waals surface area contributed by atoms with E-state index in [1.807, 2.05) is 12.1 Å². The van der Waals surface area contributed by atoms with E-state index in [2.05, 4.69) is 15.0 Å². The Morgan fingerprint density at radius 3 is 3.12 bits per heavy atom. The van der Waals surface area contributed by atoms with Crippen LogP contribution in [-0.4, -0.2) is 15.0 Å². The van der Waals surface area contributed by atoms with Crippen molar-refractivity contribution in [3.63, 3.8) is 0 Å². The van der Waals surface area contributed by atoms with Gasteiger partial charge in [-0.1, -0.05) is 6.08 Å². The fourth-order valence-corrected chi connectivity index (χ4v) is 1.87. The van der Waals surface area contributed by atoms with E-state index in [-0.39, 0.29) is 5.83 Å². The molecule has 0 amide bonds. The quantitative estimate of drug-likeness (QED) is 0.794. The second kappa shape index (κ2) is 3.56. The van der Waals surface area contributed by atoms with Gasteiger partial charge < -0.3 is 4.98 Å². The molecule has 2 heterocycles. The van der Waals surface area contributed by atoms with Crippen LogP contribution < -0.4 is 0 Å². The van der Waals surface area contributed by atoms with Crippen LogP contribution >= 0.6 is 0 Å². The molecule has 0 saturated heterocycles. The molecule has 0 fully saturated rings. The van der Waals surface area contributed by atoms with Gasteiger partial charge in [0, 0.05) is 11.8 Å². The number of nitrogens with one attached hydrogen (secondary N) is 1. The Balaban J connectivity index is 2.16. The lowest BCUT2D eigenvalue weighted by Gasteiger charge is -2.07. The zero-order valence-electron chi connectivity index (χ0n) is 8.57. The zero-order chi connectivity index (χ0) is 11.0. The lowest BCUT2D eigenvalue weighted by atomic mass is 10.0. The molecule has 0 bridgehead atoms. The number of imidazole rings is 1. The average molecular weight is 215 g/mol. The van der Waals surface area contributed by atoms with Crippen LogP contribution in [0.5, 0.6) is 0 Å². The standard InChI is InChI=1S/C12H10FN3/c13-9-4-2-1-3-8(9)12-15-10-5-6-14-7-11(10)16-12/h2,4-7H,1,3H2,(H,15,16). The zero-order valence-corrected chi connectivity index (χ0v) is 8.57. The number of hydrogen-bond donors (Lipinski definition) is 1. The molecule has 0 radical (unpaired) electrons. The predicted molar refractivity (Wildman–Crippen MR) is 60.3 cm³/mol. The lowest BCUT2D eigenvalue weighted by molar-refractivity contribution is 0.658. The monoisotopic (exact) mass is 215 g/mol. The number of H-pyrrole nitrogens is 1. The van der Waals surface area contributed by atoms with Crippen LogP contribution in [0.2, 0.25) is 0 Å². The molecular weight excluding hydrogens is 205 g/mol. The summed E-state index contributed by atoms with van der Waals surface area (Å²) in [6, 6.07) is 1.81. The molecule has 16 heavy (non-hydrogen) atoms. The normalized spacial score (nSPS) is 16.1. The SMILES string of the molecule is FC1=C(c2nc3ccncc3[nH]2)CCC=C1. The highest BCUT2D eigenvalue weighted by Gasteiger charge is 2.14. The van der Waals surface area contributed by atoms with Gasteiger partial charge in [-0.15, -0.1) is 0 Å². The highest BCUT2D eigenvalue weighted by Crippen LogP contribution is 2.28. The molecule has 3 rings (SSSR count). The number of fused-ring (bicyclic) bond motifs is 1. The number of halogens is 1. The minimum atomic E-state index is -0.196. The minimum absolute atomic E-state index is 0.196. The van der Waals surface area contributed by atoms with E-state index in [1.54, 1.807) is 12.4 Å². The maximum atomic E-state index is 13.6. The molecule has 1 aliphatic carbocycles. The van der Waals surface area contributed by atoms with Crippen molar-refractivity contribution in [2.24, 2.45) is 0 Å². The summed E-state index contributed by atoms with van der Waals surface area (Å²) in [7, 11) is 0. The first-order valence-corrected chi connectivity index (χ1v) is 5.20. The van der Waals surface area contributed by atoms with Crippen LogP contribution in [0.25, 0.3) is 16.6 Å². The summed E-state index contributed by atoms with van der Waals surface area (Å²) < 4.78 is 13.6. The van der Waals surface area contributed by atoms with Gasteiger partial charge >= 0.3 is 0 Å². The van der Waals surface area contributed by atoms with E-state index in [0.29, 0.717) is 17.8 Å². The second-order valence-electron chi connectivity index (χ2n) is 3.75. The molecule has 0 aromatic carbocycles. The molecule has 1 aliphatic rings. The Morgan fingerprint density at radius 2 is 2.31 bits per heavy atom. The summed E-state index contributed by atoms with van der Waals surface area (Å²) in [5, 5.41) is 0. The Morgan fingerprint density at radius 1 is 1.38 bits per heavy atom. The molecule has 1 N–H and O–H groups in total. The third-order valence-corrected chi connectivity index (χ3v) is 2.68. The van der Waals surface area contributed by atoms with Crippen molar-refractivity contribution in [2.75, 3.05) is 0 Å². The summed E-state index contributed by atoms with van der Waals surface area (Å²) in [6.45, 7) is 0. The fraction of sp³-hybridized carbons (Fsp3) is 0.167. The lowest BCUT2D eigenvalue weighted by Crippen LogP contribution is -1.93. The van der Waals surface area contributed by atoms with E-state index in [1.165, 1.54) is 6.08 Å². The summed E-state index contributed by atoms with van der Waals surface area (Å²) in [5.74, 6) is 0.420. The van der Waals surface area contributed by atoms with Gasteiger partial charge in [-0.25, -0.2) is 9.37 Å². The molecule has 0 spiro atoms. The highest BCUT2D eigenvalue weighted by molar-refractivity contribution is 5.78. The van der Waals surface area contributed by atoms with Crippen LogP contribution in [0.3, 0.4) is 0 Å². The van der Waals surface area contributed by atoms with Crippen LogP contribution in [0.15, 0.2) is 36.4 Å². The number of pyridine rings is 1. The van der Waals surface area contributed by atoms with Gasteiger partial charge in [0.1, 0.15) is 11.7 Å². The predicted octanol–water partition coefficient (Wildman–Crippen LogP) is 2.99. The topological polar surface area (TPSA) is 41.6 Å². The highest BCUT2D eigenvalue weighted by atomic mass is 19.1. The number of rotatable bonds is 1. The van der Waals surface area contributed by atoms with Gasteiger partial charge in [0.2, 0.25) is 0 Å². The Hall–Kier alpha value is -1.97. The van der Waals surface area contributed by atoms with Crippen LogP contribution in [0.1, 0.15) is 18.7 Å². The largest absolute Gasteiger partial charge is 0.337 e. The Labute approximate surface area is 91.7 Å². The van der Waals surface area contributed by atoms with Gasteiger partial charge in [-0.2, -0.15) is 0 Å². The van der Waals surface area contributed by atoms with Gasteiger partial charge in [-0.3, -0.25) is 4.98 Å². The molecule has 0 unspecified atom stereocenters. The summed E-state index contributed by atoms with van der Waals surface area (Å²) >= 11 is 0. The van der Waals surface area contributed by atoms with Crippen LogP contribution in [0, 0.1) is 0 Å². The van der Waals surface area contributed by atoms with Crippen molar-refractivity contribution in [1.82, 2.24) is 15.0 Å². The van der Waals surface area contributed by atoms with Crippen molar-refractivity contribution in [3.05, 3.63) is 42.3 Å². The maximum Gasteiger partial charge on any atom is 0.137 e. The van der Waals surface area contributed by atoms with Gasteiger partial charge in [0.25, 0.3) is 0 Å². The molecular formula is C12H10FN3. The smallest absolute Gasteiger partial charge is 0.137 e. The third-order valence-electron chi connectivity index (χ3n) is 2.68. The first-order valence-electron chi connectivity index (χ1n) is 5.20. The Kier molecular flexibility index (Phi) is 2.06. The van der Waals surface area contributed by atoms with Crippen molar-refractivity contribution in [2.45, 2.75) is 12.8 Å². The van der Waals surface area contributed by atoms with Crippen LogP contribution in [0.4, 0.5) is 4.39 Å². The first-order chi connectivity index (χ1) is 7.84. The van der Waals surface area contributed by atoms with Crippen molar-refractivity contribution in [3.8, 4) is 0 Å². The van der Waals surface area contributed by atoms with E-state index < -0.39 is 0 Å². The molecule has 80 valence electrons. The summed E-state index contributed by atoms with van der Waals surface area (Å²) in [6.07, 6.45) is 8.27. The van der Waals surface area contributed by atoms with E-state index in [9.17, 15) is 4.39 Å². The molecule has 0 aliphatic heterocycles. The van der Waals surface area contributed by atoms with Crippen molar-refractivity contribution in [1.29, 1.82) is 0 Å². The number of allylic oxidation sites excluding steroid dienone is 4. The van der Waals surface area contributed by atoms with Gasteiger partial charge in [0.15, 0.2) is 0 Å². The molecule has 2 aromatic heterocycles. The van der Waals surface area contributed by atoms with E-state index in [0.717, 1.165) is 17.5 Å². The summed E-state index contributed by atoms with van der Waals surface area (Å²) in [4.78, 5) is 11.4. The van der Waals surface area contributed by atoms with Gasteiger partial charge in [-0.05, 0) is 25.0 Å². The maximum absolute atomic E-state index is 13.6. The number of aromatic amines is 1. The molecule has 0 saturated carbocycles. The number of aromatic nitrogens is 3. The molecule has 4 heteroatoms. The fourth-order valence-electron chi connectivity index (χ4n) is 1.87. The second-order valence-corrected chi connectivity index (χ2v) is 3.75. The average Bonchev–Trinajstić information content (AvgIpc) is 2.73. The van der Waals surface area contributed by atoms with E-state index >= 15 is 0 Å². The molecule has 2 aromatic rings. The number of hydrogen-bond acceptors (Lipinski definition) is 2. The number of nitrogens with zero attached hydrogens (tertiary/aromatic N) is 2.